The zero-order chi connectivity index (χ0) is 13.3. The number of halogens is 3. The summed E-state index contributed by atoms with van der Waals surface area (Å²) in [7, 11) is 0. The molecule has 2 nitrogen and oxygen atoms in total. The summed E-state index contributed by atoms with van der Waals surface area (Å²) in [4.78, 5) is 0. The van der Waals surface area contributed by atoms with Crippen LogP contribution in [0.3, 0.4) is 0 Å². The SMILES string of the molecule is Cc1cc(Nc2ccc(F)c(F)c2)c(N)cc1Cl. The maximum Gasteiger partial charge on any atom is 0.160 e. The van der Waals surface area contributed by atoms with Crippen LogP contribution in [0.5, 0.6) is 0 Å². The lowest BCUT2D eigenvalue weighted by Gasteiger charge is -2.11. The van der Waals surface area contributed by atoms with Gasteiger partial charge in [0.2, 0.25) is 0 Å². The molecule has 0 aliphatic heterocycles. The molecule has 18 heavy (non-hydrogen) atoms. The molecule has 0 heterocycles. The van der Waals surface area contributed by atoms with Gasteiger partial charge in [0.25, 0.3) is 0 Å². The zero-order valence-corrected chi connectivity index (χ0v) is 10.4. The van der Waals surface area contributed by atoms with Crippen LogP contribution in [0.2, 0.25) is 5.02 Å². The molecule has 0 aromatic heterocycles. The molecule has 0 fully saturated rings. The number of anilines is 3. The summed E-state index contributed by atoms with van der Waals surface area (Å²) >= 11 is 5.92. The van der Waals surface area contributed by atoms with E-state index in [0.29, 0.717) is 22.1 Å². The number of rotatable bonds is 2. The highest BCUT2D eigenvalue weighted by molar-refractivity contribution is 6.31. The van der Waals surface area contributed by atoms with Crippen molar-refractivity contribution in [2.45, 2.75) is 6.92 Å². The van der Waals surface area contributed by atoms with Crippen molar-refractivity contribution in [2.75, 3.05) is 11.1 Å². The van der Waals surface area contributed by atoms with Crippen molar-refractivity contribution < 1.29 is 8.78 Å². The quantitative estimate of drug-likeness (QED) is 0.799. The van der Waals surface area contributed by atoms with Gasteiger partial charge >= 0.3 is 0 Å². The zero-order valence-electron chi connectivity index (χ0n) is 9.60. The molecule has 0 saturated heterocycles. The summed E-state index contributed by atoms with van der Waals surface area (Å²) in [6.07, 6.45) is 0. The monoisotopic (exact) mass is 268 g/mol. The fourth-order valence-electron chi connectivity index (χ4n) is 1.53. The molecule has 0 atom stereocenters. The van der Waals surface area contributed by atoms with Gasteiger partial charge in [-0.05, 0) is 36.8 Å². The van der Waals surface area contributed by atoms with E-state index in [1.54, 1.807) is 12.1 Å². The first-order valence-electron chi connectivity index (χ1n) is 5.25. The van der Waals surface area contributed by atoms with Crippen LogP contribution >= 0.6 is 11.6 Å². The van der Waals surface area contributed by atoms with E-state index in [1.165, 1.54) is 6.07 Å². The van der Waals surface area contributed by atoms with Crippen molar-refractivity contribution in [3.63, 3.8) is 0 Å². The van der Waals surface area contributed by atoms with Gasteiger partial charge in [0.05, 0.1) is 11.4 Å². The molecule has 0 bridgehead atoms. The maximum absolute atomic E-state index is 13.1. The van der Waals surface area contributed by atoms with Gasteiger partial charge in [-0.3, -0.25) is 0 Å². The molecule has 5 heteroatoms. The molecular weight excluding hydrogens is 258 g/mol. The predicted octanol–water partition coefficient (Wildman–Crippen LogP) is 4.25. The highest BCUT2D eigenvalue weighted by Crippen LogP contribution is 2.29. The Kier molecular flexibility index (Phi) is 3.39. The Morgan fingerprint density at radius 3 is 2.50 bits per heavy atom. The largest absolute Gasteiger partial charge is 0.397 e. The minimum atomic E-state index is -0.913. The van der Waals surface area contributed by atoms with E-state index < -0.39 is 11.6 Å². The Balaban J connectivity index is 2.34. The number of hydrogen-bond acceptors (Lipinski definition) is 2. The lowest BCUT2D eigenvalue weighted by atomic mass is 10.2. The molecule has 0 aliphatic rings. The van der Waals surface area contributed by atoms with E-state index in [4.69, 9.17) is 17.3 Å². The number of hydrogen-bond donors (Lipinski definition) is 2. The van der Waals surface area contributed by atoms with Crippen molar-refractivity contribution in [2.24, 2.45) is 0 Å². The van der Waals surface area contributed by atoms with E-state index in [2.05, 4.69) is 5.32 Å². The van der Waals surface area contributed by atoms with Gasteiger partial charge in [0.15, 0.2) is 11.6 Å². The average molecular weight is 269 g/mol. The predicted molar refractivity (Wildman–Crippen MR) is 70.2 cm³/mol. The number of aryl methyl sites for hydroxylation is 1. The Bertz CT molecular complexity index is 600. The molecule has 0 radical (unpaired) electrons. The van der Waals surface area contributed by atoms with Gasteiger partial charge in [-0.1, -0.05) is 11.6 Å². The smallest absolute Gasteiger partial charge is 0.160 e. The third-order valence-electron chi connectivity index (χ3n) is 2.53. The summed E-state index contributed by atoms with van der Waals surface area (Å²) in [6, 6.07) is 6.91. The van der Waals surface area contributed by atoms with Gasteiger partial charge in [-0.15, -0.1) is 0 Å². The first-order chi connectivity index (χ1) is 8.47. The first-order valence-corrected chi connectivity index (χ1v) is 5.63. The maximum atomic E-state index is 13.1. The summed E-state index contributed by atoms with van der Waals surface area (Å²) in [5.74, 6) is -1.80. The second kappa shape index (κ2) is 4.82. The summed E-state index contributed by atoms with van der Waals surface area (Å²) < 4.78 is 25.8. The van der Waals surface area contributed by atoms with E-state index in [9.17, 15) is 8.78 Å². The van der Waals surface area contributed by atoms with Crippen LogP contribution in [0.1, 0.15) is 5.56 Å². The molecule has 0 spiro atoms. The normalized spacial score (nSPS) is 10.4. The van der Waals surface area contributed by atoms with Crippen LogP contribution in [0, 0.1) is 18.6 Å². The molecule has 2 aromatic rings. The van der Waals surface area contributed by atoms with Crippen LogP contribution < -0.4 is 11.1 Å². The Labute approximate surface area is 108 Å². The molecule has 2 aromatic carbocycles. The third kappa shape index (κ3) is 2.54. The summed E-state index contributed by atoms with van der Waals surface area (Å²) in [5, 5.41) is 3.48. The van der Waals surface area contributed by atoms with E-state index >= 15 is 0 Å². The molecule has 2 rings (SSSR count). The third-order valence-corrected chi connectivity index (χ3v) is 2.94. The molecule has 0 aliphatic carbocycles. The average Bonchev–Trinajstić information content (AvgIpc) is 2.31. The fraction of sp³-hybridized carbons (Fsp3) is 0.0769. The molecule has 0 saturated carbocycles. The second-order valence-corrected chi connectivity index (χ2v) is 4.35. The van der Waals surface area contributed by atoms with Crippen LogP contribution in [-0.2, 0) is 0 Å². The molecule has 94 valence electrons. The lowest BCUT2D eigenvalue weighted by molar-refractivity contribution is 0.509. The van der Waals surface area contributed by atoms with E-state index in [0.717, 1.165) is 17.7 Å². The standard InChI is InChI=1S/C13H11ClF2N2/c1-7-4-13(12(17)6-9(7)14)18-8-2-3-10(15)11(16)5-8/h2-6,18H,17H2,1H3. The van der Waals surface area contributed by atoms with E-state index in [-0.39, 0.29) is 0 Å². The van der Waals surface area contributed by atoms with Crippen molar-refractivity contribution in [3.05, 3.63) is 52.6 Å². The second-order valence-electron chi connectivity index (χ2n) is 3.94. The lowest BCUT2D eigenvalue weighted by Crippen LogP contribution is -1.98. The van der Waals surface area contributed by atoms with Crippen molar-refractivity contribution in [3.8, 4) is 0 Å². The van der Waals surface area contributed by atoms with Crippen LogP contribution in [0.15, 0.2) is 30.3 Å². The molecule has 0 unspecified atom stereocenters. The highest BCUT2D eigenvalue weighted by atomic mass is 35.5. The number of nitrogens with one attached hydrogen (secondary N) is 1. The van der Waals surface area contributed by atoms with E-state index in [1.807, 2.05) is 6.92 Å². The van der Waals surface area contributed by atoms with Crippen LogP contribution in [0.4, 0.5) is 25.8 Å². The van der Waals surface area contributed by atoms with Crippen molar-refractivity contribution >= 4 is 28.7 Å². The van der Waals surface area contributed by atoms with Gasteiger partial charge in [0.1, 0.15) is 0 Å². The molecular formula is C13H11ClF2N2. The first kappa shape index (κ1) is 12.6. The highest BCUT2D eigenvalue weighted by Gasteiger charge is 2.06. The number of benzene rings is 2. The van der Waals surface area contributed by atoms with Gasteiger partial charge in [0, 0.05) is 16.8 Å². The minimum Gasteiger partial charge on any atom is -0.397 e. The topological polar surface area (TPSA) is 38.0 Å². The molecule has 0 amide bonds. The van der Waals surface area contributed by atoms with Crippen LogP contribution in [0.25, 0.3) is 0 Å². The van der Waals surface area contributed by atoms with Gasteiger partial charge in [-0.2, -0.15) is 0 Å². The summed E-state index contributed by atoms with van der Waals surface area (Å²) in [6.45, 7) is 1.83. The Hall–Kier alpha value is -1.81. The summed E-state index contributed by atoms with van der Waals surface area (Å²) in [5.41, 5.74) is 8.09. The number of nitrogen functional groups attached to an aromatic ring is 1. The van der Waals surface area contributed by atoms with Gasteiger partial charge in [-0.25, -0.2) is 8.78 Å². The Morgan fingerprint density at radius 2 is 1.83 bits per heavy atom. The van der Waals surface area contributed by atoms with Gasteiger partial charge < -0.3 is 11.1 Å². The molecule has 3 N–H and O–H groups in total. The number of nitrogens with two attached hydrogens (primary N) is 1. The minimum absolute atomic E-state index is 0.419. The van der Waals surface area contributed by atoms with Crippen LogP contribution in [-0.4, -0.2) is 0 Å². The fourth-order valence-corrected chi connectivity index (χ4v) is 1.71. The Morgan fingerprint density at radius 1 is 1.11 bits per heavy atom. The van der Waals surface area contributed by atoms with Crippen molar-refractivity contribution in [1.82, 2.24) is 0 Å². The van der Waals surface area contributed by atoms with Crippen molar-refractivity contribution in [1.29, 1.82) is 0 Å².